The Hall–Kier alpha value is -1.40. The minimum atomic E-state index is -0.0811. The second-order valence-corrected chi connectivity index (χ2v) is 4.93. The Labute approximate surface area is 93.2 Å². The highest BCUT2D eigenvalue weighted by atomic mass is 32.1. The fraction of sp³-hybridized carbons (Fsp3) is 0.333. The summed E-state index contributed by atoms with van der Waals surface area (Å²) in [6.45, 7) is 4.11. The Morgan fingerprint density at radius 3 is 2.67 bits per heavy atom. The van der Waals surface area contributed by atoms with E-state index in [0.29, 0.717) is 5.92 Å². The quantitative estimate of drug-likeness (QED) is 0.769. The molecule has 1 aromatic heterocycles. The molecule has 2 aromatic rings. The summed E-state index contributed by atoms with van der Waals surface area (Å²) in [4.78, 5) is 4.50. The lowest BCUT2D eigenvalue weighted by molar-refractivity contribution is 0.585. The van der Waals surface area contributed by atoms with Gasteiger partial charge >= 0.3 is 0 Å². The summed E-state index contributed by atoms with van der Waals surface area (Å²) in [6, 6.07) is 10.3. The van der Waals surface area contributed by atoms with Crippen molar-refractivity contribution < 1.29 is 0 Å². The van der Waals surface area contributed by atoms with Gasteiger partial charge in [0.15, 0.2) is 0 Å². The molecule has 0 bridgehead atoms. The molecule has 0 radical (unpaired) electrons. The third-order valence-corrected chi connectivity index (χ3v) is 3.50. The largest absolute Gasteiger partial charge is 0.240 e. The molecule has 0 spiro atoms. The van der Waals surface area contributed by atoms with Gasteiger partial charge in [-0.05, 0) is 18.1 Å². The first-order chi connectivity index (χ1) is 7.22. The van der Waals surface area contributed by atoms with Crippen LogP contribution in [0, 0.1) is 17.2 Å². The monoisotopic (exact) mass is 216 g/mol. The van der Waals surface area contributed by atoms with Crippen molar-refractivity contribution in [3.63, 3.8) is 0 Å². The van der Waals surface area contributed by atoms with Gasteiger partial charge in [-0.3, -0.25) is 0 Å². The van der Waals surface area contributed by atoms with Gasteiger partial charge in [0, 0.05) is 0 Å². The smallest absolute Gasteiger partial charge is 0.111 e. The first-order valence-electron chi connectivity index (χ1n) is 4.97. The first-order valence-corrected chi connectivity index (χ1v) is 5.79. The Kier molecular flexibility index (Phi) is 2.70. The minimum Gasteiger partial charge on any atom is -0.240 e. The molecule has 0 N–H and O–H groups in total. The van der Waals surface area contributed by atoms with Crippen molar-refractivity contribution in [2.24, 2.45) is 5.92 Å². The maximum Gasteiger partial charge on any atom is 0.111 e. The van der Waals surface area contributed by atoms with E-state index in [1.807, 2.05) is 24.3 Å². The van der Waals surface area contributed by atoms with Crippen molar-refractivity contribution in [1.29, 1.82) is 5.26 Å². The zero-order valence-electron chi connectivity index (χ0n) is 8.77. The number of rotatable bonds is 2. The first kappa shape index (κ1) is 10.1. The van der Waals surface area contributed by atoms with Crippen molar-refractivity contribution in [2.45, 2.75) is 19.8 Å². The fourth-order valence-electron chi connectivity index (χ4n) is 1.51. The molecule has 1 atom stereocenters. The number of para-hydroxylation sites is 1. The number of nitrogens with zero attached hydrogens (tertiary/aromatic N) is 2. The predicted molar refractivity (Wildman–Crippen MR) is 62.8 cm³/mol. The van der Waals surface area contributed by atoms with Crippen LogP contribution in [0.25, 0.3) is 10.2 Å². The van der Waals surface area contributed by atoms with Crippen molar-refractivity contribution >= 4 is 21.6 Å². The van der Waals surface area contributed by atoms with E-state index >= 15 is 0 Å². The normalized spacial score (nSPS) is 12.9. The zero-order chi connectivity index (χ0) is 10.8. The van der Waals surface area contributed by atoms with Crippen LogP contribution in [0.1, 0.15) is 24.8 Å². The van der Waals surface area contributed by atoms with Crippen molar-refractivity contribution in [2.75, 3.05) is 0 Å². The predicted octanol–water partition coefficient (Wildman–Crippen LogP) is 3.56. The lowest BCUT2D eigenvalue weighted by Crippen LogP contribution is -2.03. The molecular formula is C12H12N2S. The molecule has 1 unspecified atom stereocenters. The lowest BCUT2D eigenvalue weighted by Gasteiger charge is -2.08. The zero-order valence-corrected chi connectivity index (χ0v) is 9.58. The van der Waals surface area contributed by atoms with Crippen LogP contribution in [0.4, 0.5) is 0 Å². The SMILES string of the molecule is CC(C)C(C#N)c1nc2ccccc2s1. The Morgan fingerprint density at radius 2 is 2.07 bits per heavy atom. The molecule has 15 heavy (non-hydrogen) atoms. The number of fused-ring (bicyclic) bond motifs is 1. The van der Waals surface area contributed by atoms with Crippen LogP contribution < -0.4 is 0 Å². The van der Waals surface area contributed by atoms with Crippen LogP contribution >= 0.6 is 11.3 Å². The maximum atomic E-state index is 9.09. The third kappa shape index (κ3) is 1.86. The molecule has 2 rings (SSSR count). The van der Waals surface area contributed by atoms with E-state index in [2.05, 4.69) is 24.9 Å². The average Bonchev–Trinajstić information content (AvgIpc) is 2.61. The van der Waals surface area contributed by atoms with Gasteiger partial charge in [0.1, 0.15) is 10.9 Å². The number of thiazole rings is 1. The second kappa shape index (κ2) is 4.00. The molecule has 1 aromatic carbocycles. The van der Waals surface area contributed by atoms with Crippen molar-refractivity contribution in [3.8, 4) is 6.07 Å². The summed E-state index contributed by atoms with van der Waals surface area (Å²) in [5.74, 6) is 0.234. The summed E-state index contributed by atoms with van der Waals surface area (Å²) in [5.41, 5.74) is 0.999. The Bertz CT molecular complexity index is 475. The molecule has 0 aliphatic carbocycles. The maximum absolute atomic E-state index is 9.09. The highest BCUT2D eigenvalue weighted by Crippen LogP contribution is 2.31. The number of hydrogen-bond donors (Lipinski definition) is 0. The molecule has 0 saturated heterocycles. The second-order valence-electron chi connectivity index (χ2n) is 3.87. The minimum absolute atomic E-state index is 0.0811. The number of aromatic nitrogens is 1. The van der Waals surface area contributed by atoms with Gasteiger partial charge in [-0.2, -0.15) is 5.26 Å². The highest BCUT2D eigenvalue weighted by Gasteiger charge is 2.18. The lowest BCUT2D eigenvalue weighted by atomic mass is 9.98. The molecule has 0 amide bonds. The summed E-state index contributed by atoms with van der Waals surface area (Å²) >= 11 is 1.62. The van der Waals surface area contributed by atoms with Gasteiger partial charge in [-0.1, -0.05) is 26.0 Å². The van der Waals surface area contributed by atoms with Gasteiger partial charge < -0.3 is 0 Å². The average molecular weight is 216 g/mol. The topological polar surface area (TPSA) is 36.7 Å². The van der Waals surface area contributed by atoms with E-state index < -0.39 is 0 Å². The van der Waals surface area contributed by atoms with Crippen LogP contribution in [-0.4, -0.2) is 4.98 Å². The fourth-order valence-corrected chi connectivity index (χ4v) is 2.70. The van der Waals surface area contributed by atoms with Crippen LogP contribution in [0.15, 0.2) is 24.3 Å². The van der Waals surface area contributed by atoms with Crippen LogP contribution in [0.5, 0.6) is 0 Å². The van der Waals surface area contributed by atoms with E-state index in [4.69, 9.17) is 5.26 Å². The molecular weight excluding hydrogens is 204 g/mol. The molecule has 3 heteroatoms. The molecule has 0 saturated carbocycles. The van der Waals surface area contributed by atoms with E-state index in [1.165, 1.54) is 0 Å². The van der Waals surface area contributed by atoms with Crippen LogP contribution in [-0.2, 0) is 0 Å². The van der Waals surface area contributed by atoms with E-state index in [-0.39, 0.29) is 5.92 Å². The molecule has 76 valence electrons. The van der Waals surface area contributed by atoms with E-state index in [1.54, 1.807) is 11.3 Å². The van der Waals surface area contributed by atoms with E-state index in [9.17, 15) is 0 Å². The van der Waals surface area contributed by atoms with Crippen LogP contribution in [0.2, 0.25) is 0 Å². The van der Waals surface area contributed by atoms with Crippen molar-refractivity contribution in [3.05, 3.63) is 29.3 Å². The van der Waals surface area contributed by atoms with E-state index in [0.717, 1.165) is 15.2 Å². The molecule has 0 aliphatic rings. The molecule has 2 nitrogen and oxygen atoms in total. The van der Waals surface area contributed by atoms with Crippen LogP contribution in [0.3, 0.4) is 0 Å². The van der Waals surface area contributed by atoms with Gasteiger partial charge in [0.25, 0.3) is 0 Å². The highest BCUT2D eigenvalue weighted by molar-refractivity contribution is 7.18. The molecule has 0 fully saturated rings. The third-order valence-electron chi connectivity index (χ3n) is 2.38. The molecule has 0 aliphatic heterocycles. The van der Waals surface area contributed by atoms with Gasteiger partial charge in [-0.25, -0.2) is 4.98 Å². The summed E-state index contributed by atoms with van der Waals surface area (Å²) < 4.78 is 1.16. The summed E-state index contributed by atoms with van der Waals surface area (Å²) in [6.07, 6.45) is 0. The summed E-state index contributed by atoms with van der Waals surface area (Å²) in [7, 11) is 0. The van der Waals surface area contributed by atoms with Gasteiger partial charge in [0.05, 0.1) is 16.3 Å². The summed E-state index contributed by atoms with van der Waals surface area (Å²) in [5, 5.41) is 10.0. The Balaban J connectivity index is 2.49. The van der Waals surface area contributed by atoms with Gasteiger partial charge in [0.2, 0.25) is 0 Å². The van der Waals surface area contributed by atoms with Gasteiger partial charge in [-0.15, -0.1) is 11.3 Å². The number of hydrogen-bond acceptors (Lipinski definition) is 3. The number of nitriles is 1. The van der Waals surface area contributed by atoms with Crippen molar-refractivity contribution in [1.82, 2.24) is 4.98 Å². The Morgan fingerprint density at radius 1 is 1.33 bits per heavy atom. The standard InChI is InChI=1S/C12H12N2S/c1-8(2)9(7-13)12-14-10-5-3-4-6-11(10)15-12/h3-6,8-9H,1-2H3. The number of benzene rings is 1. The molecule has 1 heterocycles.